The van der Waals surface area contributed by atoms with E-state index in [1.807, 2.05) is 0 Å². The van der Waals surface area contributed by atoms with Crippen molar-refractivity contribution in [1.29, 1.82) is 0 Å². The molecule has 0 nitrogen and oxygen atoms in total. The van der Waals surface area contributed by atoms with Gasteiger partial charge in [-0.25, -0.2) is 0 Å². The van der Waals surface area contributed by atoms with E-state index in [0.717, 1.165) is 5.92 Å². The zero-order valence-corrected chi connectivity index (χ0v) is 5.61. The summed E-state index contributed by atoms with van der Waals surface area (Å²) in [5.74, 6) is 0.959. The van der Waals surface area contributed by atoms with Gasteiger partial charge in [-0.2, -0.15) is 0 Å². The summed E-state index contributed by atoms with van der Waals surface area (Å²) in [6, 6.07) is 0. The van der Waals surface area contributed by atoms with Crippen molar-refractivity contribution in [3.8, 4) is 0 Å². The first-order valence-corrected chi connectivity index (χ1v) is 3.45. The van der Waals surface area contributed by atoms with Crippen molar-refractivity contribution in [3.63, 3.8) is 0 Å². The van der Waals surface area contributed by atoms with Gasteiger partial charge in [-0.15, -0.1) is 0 Å². The largest absolute Gasteiger partial charge is 0.0999 e. The van der Waals surface area contributed by atoms with Crippen molar-refractivity contribution < 1.29 is 0 Å². The third-order valence-electron chi connectivity index (χ3n) is 1.98. The van der Waals surface area contributed by atoms with Gasteiger partial charge in [0.05, 0.1) is 0 Å². The maximum Gasteiger partial charge on any atom is -0.0320 e. The first kappa shape index (κ1) is 5.87. The molecule has 0 atom stereocenters. The zero-order valence-electron chi connectivity index (χ0n) is 5.61. The van der Waals surface area contributed by atoms with Gasteiger partial charge in [-0.3, -0.25) is 0 Å². The minimum Gasteiger partial charge on any atom is -0.0999 e. The maximum atomic E-state index is 3.95. The molecular weight excluding hydrogens is 96.1 g/mol. The van der Waals surface area contributed by atoms with Crippen LogP contribution in [-0.4, -0.2) is 0 Å². The number of allylic oxidation sites excluding steroid dienone is 1. The van der Waals surface area contributed by atoms with E-state index >= 15 is 0 Å². The monoisotopic (exact) mass is 110 g/mol. The smallest absolute Gasteiger partial charge is 0.0320 e. The van der Waals surface area contributed by atoms with Gasteiger partial charge < -0.3 is 0 Å². The van der Waals surface area contributed by atoms with Gasteiger partial charge in [-0.05, 0) is 31.6 Å². The van der Waals surface area contributed by atoms with Crippen molar-refractivity contribution in [2.75, 3.05) is 0 Å². The number of hydrogen-bond donors (Lipinski definition) is 0. The molecule has 0 radical (unpaired) electrons. The number of hydrogen-bond acceptors (Lipinski definition) is 0. The van der Waals surface area contributed by atoms with Gasteiger partial charge in [0.25, 0.3) is 0 Å². The number of rotatable bonds is 0. The predicted molar refractivity (Wildman–Crippen MR) is 36.8 cm³/mol. The van der Waals surface area contributed by atoms with Crippen molar-refractivity contribution in [3.05, 3.63) is 12.2 Å². The summed E-state index contributed by atoms with van der Waals surface area (Å²) in [7, 11) is 0. The van der Waals surface area contributed by atoms with Crippen molar-refractivity contribution in [2.45, 2.75) is 32.6 Å². The molecule has 1 aliphatic rings. The van der Waals surface area contributed by atoms with Crippen LogP contribution in [0.2, 0.25) is 0 Å². The average Bonchev–Trinajstić information content (AvgIpc) is 1.77. The Bertz CT molecular complexity index is 82.2. The molecule has 8 heavy (non-hydrogen) atoms. The van der Waals surface area contributed by atoms with Gasteiger partial charge in [0.2, 0.25) is 0 Å². The normalized spacial score (nSPS) is 23.9. The molecule has 1 aliphatic carbocycles. The summed E-state index contributed by atoms with van der Waals surface area (Å²) in [6.45, 7) is 6.27. The molecule has 46 valence electrons. The summed E-state index contributed by atoms with van der Waals surface area (Å²) in [4.78, 5) is 0. The van der Waals surface area contributed by atoms with Gasteiger partial charge >= 0.3 is 0 Å². The quantitative estimate of drug-likeness (QED) is 0.420. The molecule has 0 aromatic heterocycles. The van der Waals surface area contributed by atoms with E-state index in [1.54, 1.807) is 0 Å². The van der Waals surface area contributed by atoms with Crippen LogP contribution in [0.5, 0.6) is 0 Å². The minimum absolute atomic E-state index is 0.959. The second-order valence-electron chi connectivity index (χ2n) is 2.93. The molecule has 1 fully saturated rings. The van der Waals surface area contributed by atoms with Crippen LogP contribution in [-0.2, 0) is 0 Å². The van der Waals surface area contributed by atoms with E-state index in [0.29, 0.717) is 0 Å². The lowest BCUT2D eigenvalue weighted by Crippen LogP contribution is -2.02. The predicted octanol–water partition coefficient (Wildman–Crippen LogP) is 2.75. The molecule has 0 unspecified atom stereocenters. The Morgan fingerprint density at radius 2 is 1.88 bits per heavy atom. The van der Waals surface area contributed by atoms with Crippen molar-refractivity contribution in [1.82, 2.24) is 0 Å². The van der Waals surface area contributed by atoms with Crippen LogP contribution in [0.1, 0.15) is 32.6 Å². The first-order valence-electron chi connectivity index (χ1n) is 3.45. The fraction of sp³-hybridized carbons (Fsp3) is 0.750. The van der Waals surface area contributed by atoms with Gasteiger partial charge in [0, 0.05) is 0 Å². The van der Waals surface area contributed by atoms with Crippen molar-refractivity contribution in [2.24, 2.45) is 5.92 Å². The second-order valence-corrected chi connectivity index (χ2v) is 2.93. The van der Waals surface area contributed by atoms with E-state index in [2.05, 4.69) is 13.5 Å². The molecule has 0 aromatic carbocycles. The first-order chi connectivity index (χ1) is 3.79. The lowest BCUT2D eigenvalue weighted by molar-refractivity contribution is 0.445. The third-order valence-corrected chi connectivity index (χ3v) is 1.98. The molecule has 0 aromatic rings. The average molecular weight is 110 g/mol. The van der Waals surface area contributed by atoms with Gasteiger partial charge in [0.15, 0.2) is 0 Å². The molecule has 0 N–H and O–H groups in total. The SMILES string of the molecule is C=C1CCC(C)CC1. The van der Waals surface area contributed by atoms with Gasteiger partial charge in [0.1, 0.15) is 0 Å². The second kappa shape index (κ2) is 2.34. The van der Waals surface area contributed by atoms with Crippen molar-refractivity contribution >= 4 is 0 Å². The molecule has 0 saturated heterocycles. The summed E-state index contributed by atoms with van der Waals surface area (Å²) < 4.78 is 0. The highest BCUT2D eigenvalue weighted by Crippen LogP contribution is 2.25. The van der Waals surface area contributed by atoms with E-state index in [-0.39, 0.29) is 0 Å². The van der Waals surface area contributed by atoms with E-state index < -0.39 is 0 Å². The third kappa shape index (κ3) is 1.36. The topological polar surface area (TPSA) is 0 Å². The molecule has 0 heteroatoms. The summed E-state index contributed by atoms with van der Waals surface area (Å²) >= 11 is 0. The Balaban J connectivity index is 2.29. The fourth-order valence-electron chi connectivity index (χ4n) is 1.17. The van der Waals surface area contributed by atoms with E-state index in [4.69, 9.17) is 0 Å². The highest BCUT2D eigenvalue weighted by molar-refractivity contribution is 4.97. The molecule has 0 amide bonds. The Labute approximate surface area is 51.6 Å². The molecule has 0 aliphatic heterocycles. The van der Waals surface area contributed by atoms with Gasteiger partial charge in [-0.1, -0.05) is 19.1 Å². The van der Waals surface area contributed by atoms with Crippen LogP contribution in [0.4, 0.5) is 0 Å². The highest BCUT2D eigenvalue weighted by atomic mass is 14.1. The Hall–Kier alpha value is -0.260. The zero-order chi connectivity index (χ0) is 5.98. The highest BCUT2D eigenvalue weighted by Gasteiger charge is 2.09. The van der Waals surface area contributed by atoms with Crippen LogP contribution in [0.15, 0.2) is 12.2 Å². The molecule has 0 spiro atoms. The summed E-state index contributed by atoms with van der Waals surface area (Å²) in [6.07, 6.45) is 5.31. The van der Waals surface area contributed by atoms with Crippen LogP contribution >= 0.6 is 0 Å². The standard InChI is InChI=1S/C8H14/c1-7-3-5-8(2)6-4-7/h8H,1,3-6H2,2H3. The van der Waals surface area contributed by atoms with E-state index in [1.165, 1.54) is 31.3 Å². The molecular formula is C8H14. The van der Waals surface area contributed by atoms with Crippen LogP contribution in [0.3, 0.4) is 0 Å². The summed E-state index contributed by atoms with van der Waals surface area (Å²) in [5.41, 5.74) is 1.46. The molecule has 0 bridgehead atoms. The Kier molecular flexibility index (Phi) is 1.72. The molecule has 0 heterocycles. The van der Waals surface area contributed by atoms with Crippen LogP contribution in [0.25, 0.3) is 0 Å². The fourth-order valence-corrected chi connectivity index (χ4v) is 1.17. The Morgan fingerprint density at radius 3 is 2.25 bits per heavy atom. The minimum atomic E-state index is 0.959. The van der Waals surface area contributed by atoms with Crippen LogP contribution in [0, 0.1) is 5.92 Å². The van der Waals surface area contributed by atoms with Crippen LogP contribution < -0.4 is 0 Å². The lowest BCUT2D eigenvalue weighted by atomic mass is 9.88. The summed E-state index contributed by atoms with van der Waals surface area (Å²) in [5, 5.41) is 0. The maximum absolute atomic E-state index is 3.95. The Morgan fingerprint density at radius 1 is 1.38 bits per heavy atom. The van der Waals surface area contributed by atoms with E-state index in [9.17, 15) is 0 Å². The molecule has 1 rings (SSSR count). The lowest BCUT2D eigenvalue weighted by Gasteiger charge is -2.18. The molecule has 1 saturated carbocycles.